The fraction of sp³-hybridized carbons (Fsp3) is 0.273. The Morgan fingerprint density at radius 2 is 1.68 bits per heavy atom. The molecule has 3 aromatic carbocycles. The lowest BCUT2D eigenvalue weighted by molar-refractivity contribution is -0.124. The zero-order valence-corrected chi connectivity index (χ0v) is 23.2. The van der Waals surface area contributed by atoms with Gasteiger partial charge in [0.15, 0.2) is 0 Å². The number of nitrogens with one attached hydrogen (secondary N) is 3. The van der Waals surface area contributed by atoms with Crippen molar-refractivity contribution in [2.75, 3.05) is 6.61 Å². The third-order valence-corrected chi connectivity index (χ3v) is 6.87. The molecule has 7 nitrogen and oxygen atoms in total. The first-order valence-electron chi connectivity index (χ1n) is 13.6. The highest BCUT2D eigenvalue weighted by Crippen LogP contribution is 2.22. The lowest BCUT2D eigenvalue weighted by Gasteiger charge is -2.22. The van der Waals surface area contributed by atoms with Crippen LogP contribution in [-0.2, 0) is 22.4 Å². The number of rotatable bonds is 12. The average Bonchev–Trinajstić information content (AvgIpc) is 3.37. The molecule has 0 saturated heterocycles. The molecule has 40 heavy (non-hydrogen) atoms. The number of fused-ring (bicyclic) bond motifs is 1. The smallest absolute Gasteiger partial charge is 0.267 e. The number of hydrogen-bond acceptors (Lipinski definition) is 4. The summed E-state index contributed by atoms with van der Waals surface area (Å²) in [6.07, 6.45) is 6.44. The van der Waals surface area contributed by atoms with Gasteiger partial charge in [0, 0.05) is 23.2 Å². The monoisotopic (exact) mass is 539 g/mol. The maximum Gasteiger partial charge on any atom is 0.267 e. The van der Waals surface area contributed by atoms with Crippen LogP contribution in [0, 0.1) is 5.92 Å². The summed E-state index contributed by atoms with van der Waals surface area (Å²) in [5.74, 6) is 0.276. The summed E-state index contributed by atoms with van der Waals surface area (Å²) >= 11 is 0. The van der Waals surface area contributed by atoms with Gasteiger partial charge in [0.25, 0.3) is 5.91 Å². The Kier molecular flexibility index (Phi) is 9.76. The van der Waals surface area contributed by atoms with E-state index in [4.69, 9.17) is 9.94 Å². The molecule has 0 aliphatic carbocycles. The Balaban J connectivity index is 1.46. The van der Waals surface area contributed by atoms with Crippen molar-refractivity contribution in [1.82, 2.24) is 15.8 Å². The van der Waals surface area contributed by atoms with Gasteiger partial charge in [0.1, 0.15) is 12.4 Å². The fourth-order valence-electron chi connectivity index (χ4n) is 4.69. The van der Waals surface area contributed by atoms with E-state index in [9.17, 15) is 9.59 Å². The summed E-state index contributed by atoms with van der Waals surface area (Å²) < 4.78 is 6.10. The van der Waals surface area contributed by atoms with E-state index in [1.54, 1.807) is 11.6 Å². The quantitative estimate of drug-likeness (QED) is 0.104. The summed E-state index contributed by atoms with van der Waals surface area (Å²) in [5.41, 5.74) is 6.77. The van der Waals surface area contributed by atoms with Crippen LogP contribution in [0.25, 0.3) is 17.0 Å². The minimum atomic E-state index is -0.600. The van der Waals surface area contributed by atoms with Crippen LogP contribution in [0.15, 0.2) is 85.1 Å². The molecular weight excluding hydrogens is 502 g/mol. The molecule has 0 aliphatic rings. The topological polar surface area (TPSA) is 103 Å². The van der Waals surface area contributed by atoms with E-state index < -0.39 is 5.91 Å². The number of carbonyl (C=O) groups excluding carboxylic acids is 2. The van der Waals surface area contributed by atoms with Gasteiger partial charge in [-0.05, 0) is 72.2 Å². The molecule has 4 aromatic rings. The largest absolute Gasteiger partial charge is 0.491 e. The van der Waals surface area contributed by atoms with Crippen LogP contribution in [0.4, 0.5) is 0 Å². The van der Waals surface area contributed by atoms with Crippen LogP contribution in [0.3, 0.4) is 0 Å². The summed E-state index contributed by atoms with van der Waals surface area (Å²) in [7, 11) is 0. The van der Waals surface area contributed by atoms with Gasteiger partial charge in [0.2, 0.25) is 5.91 Å². The number of carbonyl (C=O) groups is 2. The van der Waals surface area contributed by atoms with E-state index in [2.05, 4.69) is 42.3 Å². The second-order valence-electron chi connectivity index (χ2n) is 10.5. The Morgan fingerprint density at radius 1 is 0.950 bits per heavy atom. The molecule has 0 saturated carbocycles. The number of amides is 2. The van der Waals surface area contributed by atoms with Crippen LogP contribution in [-0.4, -0.2) is 34.7 Å². The van der Waals surface area contributed by atoms with E-state index in [0.717, 1.165) is 34.0 Å². The molecule has 0 fully saturated rings. The lowest BCUT2D eigenvalue weighted by atomic mass is 9.95. The number of H-pyrrole nitrogens is 1. The Bertz CT molecular complexity index is 1440. The molecule has 2 amide bonds. The molecule has 1 unspecified atom stereocenters. The fourth-order valence-corrected chi connectivity index (χ4v) is 4.69. The van der Waals surface area contributed by atoms with Crippen LogP contribution in [0.1, 0.15) is 48.9 Å². The number of hydrogen-bond donors (Lipinski definition) is 4. The molecule has 7 heteroatoms. The van der Waals surface area contributed by atoms with Crippen molar-refractivity contribution in [3.05, 3.63) is 107 Å². The molecule has 0 bridgehead atoms. The molecule has 208 valence electrons. The maximum atomic E-state index is 13.4. The second-order valence-corrected chi connectivity index (χ2v) is 10.5. The van der Waals surface area contributed by atoms with Crippen molar-refractivity contribution in [2.24, 2.45) is 5.92 Å². The molecule has 4 rings (SSSR count). The minimum Gasteiger partial charge on any atom is -0.491 e. The summed E-state index contributed by atoms with van der Waals surface area (Å²) in [5, 5.41) is 13.0. The van der Waals surface area contributed by atoms with Crippen LogP contribution in [0.2, 0.25) is 0 Å². The molecule has 1 heterocycles. The Morgan fingerprint density at radius 3 is 2.38 bits per heavy atom. The average molecular weight is 540 g/mol. The number of aromatic nitrogens is 1. The Hall–Kier alpha value is -4.36. The highest BCUT2D eigenvalue weighted by molar-refractivity contribution is 5.90. The van der Waals surface area contributed by atoms with Crippen LogP contribution in [0.5, 0.6) is 5.75 Å². The summed E-state index contributed by atoms with van der Waals surface area (Å²) in [6.45, 7) is 6.61. The van der Waals surface area contributed by atoms with Gasteiger partial charge in [0.05, 0.1) is 12.0 Å². The predicted octanol–water partition coefficient (Wildman–Crippen LogP) is 5.80. The number of benzene rings is 3. The van der Waals surface area contributed by atoms with Gasteiger partial charge in [-0.1, -0.05) is 68.4 Å². The summed E-state index contributed by atoms with van der Waals surface area (Å²) in [6, 6.07) is 23.4. The first kappa shape index (κ1) is 28.6. The molecule has 0 aliphatic heterocycles. The van der Waals surface area contributed by atoms with Gasteiger partial charge in [-0.3, -0.25) is 14.8 Å². The zero-order chi connectivity index (χ0) is 28.5. The molecule has 4 N–H and O–H groups in total. The third kappa shape index (κ3) is 7.83. The number of para-hydroxylation sites is 1. The van der Waals surface area contributed by atoms with Gasteiger partial charge >= 0.3 is 0 Å². The van der Waals surface area contributed by atoms with Crippen molar-refractivity contribution in [1.29, 1.82) is 0 Å². The second kappa shape index (κ2) is 13.6. The third-order valence-electron chi connectivity index (χ3n) is 6.87. The highest BCUT2D eigenvalue weighted by atomic mass is 16.5. The number of hydroxylamine groups is 1. The summed E-state index contributed by atoms with van der Waals surface area (Å²) in [4.78, 5) is 27.9. The zero-order valence-electron chi connectivity index (χ0n) is 23.2. The van der Waals surface area contributed by atoms with Crippen LogP contribution >= 0.6 is 0 Å². The first-order chi connectivity index (χ1) is 19.3. The minimum absolute atomic E-state index is 0.0484. The predicted molar refractivity (Wildman–Crippen MR) is 158 cm³/mol. The highest BCUT2D eigenvalue weighted by Gasteiger charge is 2.21. The van der Waals surface area contributed by atoms with E-state index in [0.29, 0.717) is 18.1 Å². The lowest BCUT2D eigenvalue weighted by Crippen LogP contribution is -2.42. The molecule has 0 radical (unpaired) electrons. The van der Waals surface area contributed by atoms with E-state index in [1.807, 2.05) is 67.7 Å². The van der Waals surface area contributed by atoms with Crippen LogP contribution < -0.4 is 15.5 Å². The number of ether oxygens (including phenoxy) is 1. The van der Waals surface area contributed by atoms with E-state index in [-0.39, 0.29) is 24.5 Å². The molecule has 2 atom stereocenters. The van der Waals surface area contributed by atoms with Gasteiger partial charge in [-0.25, -0.2) is 5.48 Å². The van der Waals surface area contributed by atoms with Crippen molar-refractivity contribution in [3.63, 3.8) is 0 Å². The normalized spacial score (nSPS) is 12.9. The van der Waals surface area contributed by atoms with E-state index in [1.165, 1.54) is 11.6 Å². The standard InChI is InChI=1S/C33H37N3O4/c1-22(2)18-25-8-13-26(14-9-25)23(3)33(38)35-28(19-27-20-34-31-7-5-4-6-30(27)31)21-40-29-15-10-24(11-16-29)12-17-32(37)36-39/h4-17,20,22-23,28,34,39H,18-19,21H2,1-3H3,(H,35,38)(H,36,37)/b17-12+/t23?,28-/m0/s1. The molecular formula is C33H37N3O4. The molecule has 1 aromatic heterocycles. The van der Waals surface area contributed by atoms with Gasteiger partial charge in [-0.15, -0.1) is 0 Å². The number of aromatic amines is 1. The van der Waals surface area contributed by atoms with Crippen molar-refractivity contribution in [3.8, 4) is 5.75 Å². The van der Waals surface area contributed by atoms with E-state index >= 15 is 0 Å². The Labute approximate surface area is 235 Å². The maximum absolute atomic E-state index is 13.4. The first-order valence-corrected chi connectivity index (χ1v) is 13.6. The van der Waals surface area contributed by atoms with Gasteiger partial charge < -0.3 is 15.0 Å². The van der Waals surface area contributed by atoms with Crippen molar-refractivity contribution >= 4 is 28.8 Å². The van der Waals surface area contributed by atoms with Gasteiger partial charge in [-0.2, -0.15) is 0 Å². The van der Waals surface area contributed by atoms with Crippen molar-refractivity contribution < 1.29 is 19.5 Å². The van der Waals surface area contributed by atoms with Crippen molar-refractivity contribution in [2.45, 2.75) is 45.6 Å². The molecule has 0 spiro atoms. The SMILES string of the molecule is CC(C)Cc1ccc(C(C)C(=O)N[C@H](COc2ccc(/C=C/C(=O)NO)cc2)Cc2c[nH]c3ccccc23)cc1.